The Labute approximate surface area is 251 Å². The lowest BCUT2D eigenvalue weighted by Gasteiger charge is -2.26. The standard InChI is InChI=1S/C22H28N4O2.C8H17N.2C2H6/c1-5-7-9-10-12-21(27)25-13-14-26-19(15-23-20(26)16-25)22(28)24-18(4)17(3)11-8-6-2;1-3-4-7-9(2)8-5-6-8;2*1-2/h6,8,11,15H,2,5,7,9,13-14,16H2,1,3-4H3,(H,24,28);8H,3-7H2,1-2H3;2*1-2H3/b11-8-,18-17+;;;. The Balaban J connectivity index is 0.00000103. The van der Waals surface area contributed by atoms with Crippen LogP contribution in [0.15, 0.2) is 42.3 Å². The van der Waals surface area contributed by atoms with Crippen molar-refractivity contribution in [2.75, 3.05) is 20.1 Å². The third kappa shape index (κ3) is 14.4. The summed E-state index contributed by atoms with van der Waals surface area (Å²) >= 11 is 0. The Kier molecular flexibility index (Phi) is 20.9. The molecule has 0 radical (unpaired) electrons. The molecule has 0 unspecified atom stereocenters. The van der Waals surface area contributed by atoms with Gasteiger partial charge in [-0.15, -0.1) is 0 Å². The smallest absolute Gasteiger partial charge is 0.298 e. The van der Waals surface area contributed by atoms with Gasteiger partial charge in [0.05, 0.1) is 12.7 Å². The SMILES string of the molecule is C=C/C=C\C(C)=C(/C)NC(=O)c1cnc2n1CCN(C(=O)C#CCCCC)C2.CC.CC.CCCCN(C)C1CC1. The molecule has 3 rings (SSSR count). The van der Waals surface area contributed by atoms with E-state index >= 15 is 0 Å². The van der Waals surface area contributed by atoms with Gasteiger partial charge in [0, 0.05) is 31.2 Å². The molecule has 1 saturated carbocycles. The lowest BCUT2D eigenvalue weighted by atomic mass is 10.2. The molecule has 7 heteroatoms. The summed E-state index contributed by atoms with van der Waals surface area (Å²) in [4.78, 5) is 33.4. The van der Waals surface area contributed by atoms with Crippen molar-refractivity contribution in [3.63, 3.8) is 0 Å². The van der Waals surface area contributed by atoms with Crippen LogP contribution in [0.4, 0.5) is 0 Å². The van der Waals surface area contributed by atoms with Crippen LogP contribution in [0.1, 0.15) is 117 Å². The van der Waals surface area contributed by atoms with Crippen molar-refractivity contribution >= 4 is 11.8 Å². The Morgan fingerprint density at radius 1 is 1.12 bits per heavy atom. The molecule has 1 aromatic rings. The van der Waals surface area contributed by atoms with Crippen molar-refractivity contribution in [2.24, 2.45) is 0 Å². The molecule has 2 heterocycles. The summed E-state index contributed by atoms with van der Waals surface area (Å²) in [5, 5.41) is 2.91. The van der Waals surface area contributed by atoms with Crippen molar-refractivity contribution in [3.05, 3.63) is 53.8 Å². The lowest BCUT2D eigenvalue weighted by molar-refractivity contribution is -0.126. The maximum absolute atomic E-state index is 12.6. The quantitative estimate of drug-likeness (QED) is 0.186. The zero-order chi connectivity index (χ0) is 31.2. The third-order valence-electron chi connectivity index (χ3n) is 6.64. The molecule has 1 fully saturated rings. The van der Waals surface area contributed by atoms with E-state index in [1.54, 1.807) is 17.2 Å². The van der Waals surface area contributed by atoms with E-state index in [1.807, 2.05) is 58.3 Å². The number of rotatable bonds is 10. The average Bonchev–Trinajstić information content (AvgIpc) is 3.77. The van der Waals surface area contributed by atoms with Crippen LogP contribution in [0.2, 0.25) is 0 Å². The summed E-state index contributed by atoms with van der Waals surface area (Å²) < 4.78 is 1.87. The topological polar surface area (TPSA) is 70.5 Å². The summed E-state index contributed by atoms with van der Waals surface area (Å²) in [6, 6.07) is 0.955. The molecule has 0 bridgehead atoms. The van der Waals surface area contributed by atoms with Crippen molar-refractivity contribution < 1.29 is 9.59 Å². The summed E-state index contributed by atoms with van der Waals surface area (Å²) in [5.74, 6) is 5.94. The zero-order valence-electron chi connectivity index (χ0n) is 27.5. The molecule has 230 valence electrons. The maximum atomic E-state index is 12.6. The first-order valence-electron chi connectivity index (χ1n) is 15.6. The van der Waals surface area contributed by atoms with Crippen LogP contribution < -0.4 is 5.32 Å². The molecule has 0 saturated heterocycles. The van der Waals surface area contributed by atoms with Crippen molar-refractivity contribution in [3.8, 4) is 11.8 Å². The summed E-state index contributed by atoms with van der Waals surface area (Å²) in [7, 11) is 2.24. The molecule has 1 aliphatic heterocycles. The van der Waals surface area contributed by atoms with Gasteiger partial charge in [0.25, 0.3) is 11.8 Å². The van der Waals surface area contributed by atoms with Gasteiger partial charge in [-0.2, -0.15) is 0 Å². The van der Waals surface area contributed by atoms with E-state index in [4.69, 9.17) is 0 Å². The second-order valence-corrected chi connectivity index (χ2v) is 9.77. The van der Waals surface area contributed by atoms with Crippen LogP contribution in [-0.2, 0) is 17.9 Å². The highest BCUT2D eigenvalue weighted by Crippen LogP contribution is 2.25. The molecule has 2 aliphatic rings. The van der Waals surface area contributed by atoms with E-state index in [0.717, 1.165) is 36.6 Å². The summed E-state index contributed by atoms with van der Waals surface area (Å²) in [6.45, 7) is 22.5. The van der Waals surface area contributed by atoms with Gasteiger partial charge in [0.1, 0.15) is 11.5 Å². The molecule has 2 amide bonds. The highest BCUT2D eigenvalue weighted by molar-refractivity contribution is 5.94. The number of carbonyl (C=O) groups excluding carboxylic acids is 2. The third-order valence-corrected chi connectivity index (χ3v) is 6.64. The molecule has 0 atom stereocenters. The van der Waals surface area contributed by atoms with Gasteiger partial charge in [-0.05, 0) is 64.6 Å². The van der Waals surface area contributed by atoms with Gasteiger partial charge >= 0.3 is 0 Å². The highest BCUT2D eigenvalue weighted by atomic mass is 16.2. The predicted octanol–water partition coefficient (Wildman–Crippen LogP) is 7.12. The Morgan fingerprint density at radius 3 is 2.37 bits per heavy atom. The number of hydrogen-bond donors (Lipinski definition) is 1. The minimum absolute atomic E-state index is 0.181. The van der Waals surface area contributed by atoms with Crippen LogP contribution in [-0.4, -0.2) is 57.3 Å². The minimum atomic E-state index is -0.207. The first-order chi connectivity index (χ1) is 19.8. The number of fused-ring (bicyclic) bond motifs is 1. The van der Waals surface area contributed by atoms with Crippen molar-refractivity contribution in [1.29, 1.82) is 0 Å². The monoisotopic (exact) mass is 567 g/mol. The lowest BCUT2D eigenvalue weighted by Crippen LogP contribution is -2.39. The molecular formula is C34H57N5O2. The fourth-order valence-corrected chi connectivity index (χ4v) is 3.87. The van der Waals surface area contributed by atoms with Gasteiger partial charge < -0.3 is 19.7 Å². The molecule has 1 aromatic heterocycles. The van der Waals surface area contributed by atoms with E-state index in [0.29, 0.717) is 31.2 Å². The van der Waals surface area contributed by atoms with Gasteiger partial charge in [-0.1, -0.05) is 85.1 Å². The van der Waals surface area contributed by atoms with Gasteiger partial charge in [-0.25, -0.2) is 4.98 Å². The second kappa shape index (κ2) is 22.6. The predicted molar refractivity (Wildman–Crippen MR) is 173 cm³/mol. The van der Waals surface area contributed by atoms with Gasteiger partial charge in [0.15, 0.2) is 0 Å². The molecule has 7 nitrogen and oxygen atoms in total. The number of nitrogens with zero attached hydrogens (tertiary/aromatic N) is 4. The summed E-state index contributed by atoms with van der Waals surface area (Å²) in [5.41, 5.74) is 2.22. The molecular weight excluding hydrogens is 510 g/mol. The zero-order valence-corrected chi connectivity index (χ0v) is 27.5. The van der Waals surface area contributed by atoms with Crippen LogP contribution >= 0.6 is 0 Å². The van der Waals surface area contributed by atoms with E-state index in [1.165, 1.54) is 32.2 Å². The average molecular weight is 568 g/mol. The van der Waals surface area contributed by atoms with Gasteiger partial charge in [-0.3, -0.25) is 9.59 Å². The number of amides is 2. The number of hydrogen-bond acceptors (Lipinski definition) is 4. The fourth-order valence-electron chi connectivity index (χ4n) is 3.87. The van der Waals surface area contributed by atoms with Crippen LogP contribution in [0.3, 0.4) is 0 Å². The maximum Gasteiger partial charge on any atom is 0.298 e. The normalized spacial score (nSPS) is 14.0. The minimum Gasteiger partial charge on any atom is -0.324 e. The van der Waals surface area contributed by atoms with Crippen molar-refractivity contribution in [2.45, 2.75) is 119 Å². The number of carbonyl (C=O) groups is 2. The van der Waals surface area contributed by atoms with Gasteiger partial charge in [0.2, 0.25) is 0 Å². The number of unbranched alkanes of at least 4 members (excludes halogenated alkanes) is 3. The molecule has 1 N–H and O–H groups in total. The van der Waals surface area contributed by atoms with Crippen LogP contribution in [0, 0.1) is 11.8 Å². The second-order valence-electron chi connectivity index (χ2n) is 9.77. The Bertz CT molecular complexity index is 1040. The highest BCUT2D eigenvalue weighted by Gasteiger charge is 2.26. The largest absolute Gasteiger partial charge is 0.324 e. The first kappa shape index (κ1) is 37.9. The van der Waals surface area contributed by atoms with Crippen molar-refractivity contribution in [1.82, 2.24) is 24.7 Å². The number of allylic oxidation sites excluding steroid dienone is 5. The fraction of sp³-hybridized carbons (Fsp3) is 0.618. The van der Waals surface area contributed by atoms with Crippen LogP contribution in [0.25, 0.3) is 0 Å². The van der Waals surface area contributed by atoms with E-state index < -0.39 is 0 Å². The summed E-state index contributed by atoms with van der Waals surface area (Å²) in [6.07, 6.45) is 15.4. The van der Waals surface area contributed by atoms with E-state index in [2.05, 4.69) is 54.5 Å². The number of aromatic nitrogens is 2. The van der Waals surface area contributed by atoms with E-state index in [9.17, 15) is 9.59 Å². The number of imidazole rings is 1. The van der Waals surface area contributed by atoms with E-state index in [-0.39, 0.29) is 11.8 Å². The molecule has 1 aliphatic carbocycles. The molecule has 41 heavy (non-hydrogen) atoms. The molecule has 0 spiro atoms. The first-order valence-corrected chi connectivity index (χ1v) is 15.6. The Morgan fingerprint density at radius 2 is 1.78 bits per heavy atom. The Hall–Kier alpha value is -3.11. The number of nitrogens with one attached hydrogen (secondary N) is 1. The molecule has 0 aromatic carbocycles. The van der Waals surface area contributed by atoms with Crippen LogP contribution in [0.5, 0.6) is 0 Å².